The third kappa shape index (κ3) is 3.52. The van der Waals surface area contributed by atoms with Crippen LogP contribution in [0.5, 0.6) is 0 Å². The average Bonchev–Trinajstić information content (AvgIpc) is 2.58. The molecule has 1 aromatic rings. The van der Waals surface area contributed by atoms with Crippen LogP contribution in [0, 0.1) is 5.92 Å². The van der Waals surface area contributed by atoms with Crippen LogP contribution in [0.4, 0.5) is 0 Å². The van der Waals surface area contributed by atoms with Crippen molar-refractivity contribution in [3.63, 3.8) is 0 Å². The molecule has 0 amide bonds. The van der Waals surface area contributed by atoms with E-state index in [1.807, 2.05) is 0 Å². The first-order chi connectivity index (χ1) is 9.62. The average molecular weight is 288 g/mol. The monoisotopic (exact) mass is 288 g/mol. The summed E-state index contributed by atoms with van der Waals surface area (Å²) in [5, 5.41) is 0. The molecule has 21 heavy (non-hydrogen) atoms. The Balaban J connectivity index is 2.09. The molecule has 3 heteroatoms. The lowest BCUT2D eigenvalue weighted by Crippen LogP contribution is -2.41. The molecule has 0 spiro atoms. The van der Waals surface area contributed by atoms with E-state index in [9.17, 15) is 0 Å². The molecule has 0 bridgehead atoms. The summed E-state index contributed by atoms with van der Waals surface area (Å²) in [5.41, 5.74) is 2.16. The van der Waals surface area contributed by atoms with Gasteiger partial charge in [0.1, 0.15) is 0 Å². The second-order valence-corrected chi connectivity index (χ2v) is 7.75. The van der Waals surface area contributed by atoms with E-state index in [1.54, 1.807) is 0 Å². The maximum Gasteiger partial charge on any atom is 0.465 e. The van der Waals surface area contributed by atoms with Crippen LogP contribution < -0.4 is 0 Å². The largest absolute Gasteiger partial charge is 0.465 e. The minimum absolute atomic E-state index is 0.175. The molecule has 116 valence electrons. The van der Waals surface area contributed by atoms with E-state index in [-0.39, 0.29) is 24.1 Å². The predicted molar refractivity (Wildman–Crippen MR) is 89.5 cm³/mol. The standard InChI is InChI=1S/C18H29BO2/c1-13(2)12-15-8-10-16(11-9-15)14(3)19-20-17(4,5)18(6,7)21-19/h8-11,13-14H,12H2,1-7H3/t14-/m0/s1. The lowest BCUT2D eigenvalue weighted by atomic mass is 9.69. The van der Waals surface area contributed by atoms with Crippen LogP contribution in [0.1, 0.15) is 65.4 Å². The summed E-state index contributed by atoms with van der Waals surface area (Å²) in [6.07, 6.45) is 1.13. The molecule has 0 aromatic heterocycles. The molecule has 1 heterocycles. The number of hydrogen-bond donors (Lipinski definition) is 0. The van der Waals surface area contributed by atoms with Gasteiger partial charge in [0.05, 0.1) is 11.2 Å². The SMILES string of the molecule is CC(C)Cc1ccc([C@H](C)B2OC(C)(C)C(C)(C)O2)cc1. The number of rotatable bonds is 4. The molecule has 1 saturated heterocycles. The molecular weight excluding hydrogens is 259 g/mol. The van der Waals surface area contributed by atoms with Gasteiger partial charge in [0.25, 0.3) is 0 Å². The van der Waals surface area contributed by atoms with Crippen molar-refractivity contribution in [3.05, 3.63) is 35.4 Å². The van der Waals surface area contributed by atoms with Gasteiger partial charge in [-0.1, -0.05) is 45.0 Å². The third-order valence-corrected chi connectivity index (χ3v) is 4.83. The highest BCUT2D eigenvalue weighted by Gasteiger charge is 2.52. The molecule has 1 atom stereocenters. The smallest absolute Gasteiger partial charge is 0.403 e. The van der Waals surface area contributed by atoms with Crippen molar-refractivity contribution in [3.8, 4) is 0 Å². The normalized spacial score (nSPS) is 21.8. The first-order valence-electron chi connectivity index (χ1n) is 8.07. The minimum atomic E-state index is -0.260. The van der Waals surface area contributed by atoms with E-state index in [4.69, 9.17) is 9.31 Å². The van der Waals surface area contributed by atoms with E-state index in [1.165, 1.54) is 11.1 Å². The van der Waals surface area contributed by atoms with Gasteiger partial charge in [-0.15, -0.1) is 0 Å². The Bertz CT molecular complexity index is 460. The third-order valence-electron chi connectivity index (χ3n) is 4.83. The van der Waals surface area contributed by atoms with E-state index in [0.29, 0.717) is 5.92 Å². The number of benzene rings is 1. The Morgan fingerprint density at radius 1 is 0.905 bits per heavy atom. The molecule has 1 aliphatic heterocycles. The van der Waals surface area contributed by atoms with Gasteiger partial charge in [0.2, 0.25) is 0 Å². The minimum Gasteiger partial charge on any atom is -0.403 e. The quantitative estimate of drug-likeness (QED) is 0.753. The highest BCUT2D eigenvalue weighted by atomic mass is 16.7. The molecule has 2 nitrogen and oxygen atoms in total. The fraction of sp³-hybridized carbons (Fsp3) is 0.667. The van der Waals surface area contributed by atoms with Gasteiger partial charge >= 0.3 is 7.12 Å². The van der Waals surface area contributed by atoms with Crippen LogP contribution in [0.3, 0.4) is 0 Å². The highest BCUT2D eigenvalue weighted by Crippen LogP contribution is 2.40. The fourth-order valence-corrected chi connectivity index (χ4v) is 2.68. The van der Waals surface area contributed by atoms with Crippen molar-refractivity contribution in [2.45, 2.75) is 71.9 Å². The van der Waals surface area contributed by atoms with Crippen LogP contribution in [0.15, 0.2) is 24.3 Å². The maximum absolute atomic E-state index is 6.15. The zero-order valence-electron chi connectivity index (χ0n) is 14.6. The van der Waals surface area contributed by atoms with Gasteiger partial charge in [-0.3, -0.25) is 0 Å². The van der Waals surface area contributed by atoms with Crippen molar-refractivity contribution in [2.75, 3.05) is 0 Å². The summed E-state index contributed by atoms with van der Waals surface area (Å²) in [7, 11) is -0.175. The molecule has 0 aliphatic carbocycles. The van der Waals surface area contributed by atoms with Crippen LogP contribution >= 0.6 is 0 Å². The summed E-state index contributed by atoms with van der Waals surface area (Å²) in [6, 6.07) is 8.90. The van der Waals surface area contributed by atoms with Crippen LogP contribution in [-0.2, 0) is 15.7 Å². The van der Waals surface area contributed by atoms with Gasteiger partial charge in [-0.2, -0.15) is 0 Å². The van der Waals surface area contributed by atoms with Gasteiger partial charge in [-0.05, 0) is 51.2 Å². The Labute approximate surface area is 130 Å². The maximum atomic E-state index is 6.15. The predicted octanol–water partition coefficient (Wildman–Crippen LogP) is 4.62. The van der Waals surface area contributed by atoms with Crippen molar-refractivity contribution in [1.29, 1.82) is 0 Å². The Morgan fingerprint density at radius 3 is 1.81 bits per heavy atom. The summed E-state index contributed by atoms with van der Waals surface area (Å²) in [6.45, 7) is 15.1. The molecule has 1 fully saturated rings. The lowest BCUT2D eigenvalue weighted by Gasteiger charge is -2.32. The molecule has 0 unspecified atom stereocenters. The highest BCUT2D eigenvalue weighted by molar-refractivity contribution is 6.47. The van der Waals surface area contributed by atoms with E-state index in [2.05, 4.69) is 72.7 Å². The second-order valence-electron chi connectivity index (χ2n) is 7.75. The first kappa shape index (κ1) is 16.6. The molecular formula is C18H29BO2. The molecule has 1 aliphatic rings. The Hall–Kier alpha value is -0.795. The second kappa shape index (κ2) is 5.77. The Kier molecular flexibility index (Phi) is 4.56. The van der Waals surface area contributed by atoms with E-state index < -0.39 is 0 Å². The van der Waals surface area contributed by atoms with Crippen LogP contribution in [0.2, 0.25) is 0 Å². The molecule has 0 saturated carbocycles. The van der Waals surface area contributed by atoms with Gasteiger partial charge in [0, 0.05) is 5.82 Å². The van der Waals surface area contributed by atoms with Crippen LogP contribution in [-0.4, -0.2) is 18.3 Å². The van der Waals surface area contributed by atoms with Crippen molar-refractivity contribution in [2.24, 2.45) is 5.92 Å². The van der Waals surface area contributed by atoms with Crippen molar-refractivity contribution < 1.29 is 9.31 Å². The molecule has 0 N–H and O–H groups in total. The van der Waals surface area contributed by atoms with E-state index in [0.717, 1.165) is 6.42 Å². The fourth-order valence-electron chi connectivity index (χ4n) is 2.68. The van der Waals surface area contributed by atoms with Gasteiger partial charge in [-0.25, -0.2) is 0 Å². The van der Waals surface area contributed by atoms with Crippen LogP contribution in [0.25, 0.3) is 0 Å². The molecule has 2 rings (SSSR count). The topological polar surface area (TPSA) is 18.5 Å². The molecule has 1 aromatic carbocycles. The number of hydrogen-bond acceptors (Lipinski definition) is 2. The Morgan fingerprint density at radius 2 is 1.38 bits per heavy atom. The summed E-state index contributed by atoms with van der Waals surface area (Å²) >= 11 is 0. The first-order valence-corrected chi connectivity index (χ1v) is 8.07. The van der Waals surface area contributed by atoms with Crippen molar-refractivity contribution >= 4 is 7.12 Å². The van der Waals surface area contributed by atoms with E-state index >= 15 is 0 Å². The lowest BCUT2D eigenvalue weighted by molar-refractivity contribution is 0.00578. The zero-order valence-corrected chi connectivity index (χ0v) is 14.6. The van der Waals surface area contributed by atoms with Crippen molar-refractivity contribution in [1.82, 2.24) is 0 Å². The van der Waals surface area contributed by atoms with Gasteiger partial charge < -0.3 is 9.31 Å². The summed E-state index contributed by atoms with van der Waals surface area (Å²) < 4.78 is 12.3. The summed E-state index contributed by atoms with van der Waals surface area (Å²) in [4.78, 5) is 0. The molecule has 0 radical (unpaired) electrons. The summed E-state index contributed by atoms with van der Waals surface area (Å²) in [5.74, 6) is 0.926. The van der Waals surface area contributed by atoms with Gasteiger partial charge in [0.15, 0.2) is 0 Å². The zero-order chi connectivity index (χ0) is 15.8.